The van der Waals surface area contributed by atoms with E-state index in [4.69, 9.17) is 14.9 Å². The van der Waals surface area contributed by atoms with Crippen molar-refractivity contribution in [2.45, 2.75) is 13.3 Å². The van der Waals surface area contributed by atoms with Crippen molar-refractivity contribution in [3.05, 3.63) is 29.8 Å². The van der Waals surface area contributed by atoms with Crippen LogP contribution in [0.25, 0.3) is 0 Å². The third-order valence-corrected chi connectivity index (χ3v) is 2.70. The molecule has 1 amide bonds. The predicted octanol–water partition coefficient (Wildman–Crippen LogP) is 0.669. The second-order valence-corrected chi connectivity index (χ2v) is 4.35. The van der Waals surface area contributed by atoms with Gasteiger partial charge in [-0.25, -0.2) is 0 Å². The molecule has 0 fully saturated rings. The van der Waals surface area contributed by atoms with Gasteiger partial charge in [-0.2, -0.15) is 0 Å². The first-order valence-corrected chi connectivity index (χ1v) is 6.33. The zero-order valence-electron chi connectivity index (χ0n) is 11.4. The van der Waals surface area contributed by atoms with Crippen LogP contribution in [0.15, 0.2) is 24.3 Å². The maximum absolute atomic E-state index is 11.9. The molecule has 6 heteroatoms. The summed E-state index contributed by atoms with van der Waals surface area (Å²) in [6.45, 7) is 1.72. The minimum atomic E-state index is -0.986. The number of rotatable bonds is 8. The molecule has 1 aromatic rings. The number of hydrogen-bond donors (Lipinski definition) is 2. The number of aliphatic hydroxyl groups excluding tert-OH is 1. The van der Waals surface area contributed by atoms with Gasteiger partial charge >= 0.3 is 5.97 Å². The summed E-state index contributed by atoms with van der Waals surface area (Å²) in [5, 5.41) is 17.5. The van der Waals surface area contributed by atoms with Crippen LogP contribution in [-0.2, 0) is 9.59 Å². The van der Waals surface area contributed by atoms with Gasteiger partial charge in [0.1, 0.15) is 5.75 Å². The van der Waals surface area contributed by atoms with Gasteiger partial charge in [0.05, 0.1) is 13.0 Å². The molecule has 0 aliphatic carbocycles. The minimum absolute atomic E-state index is 0.0615. The molecule has 0 aliphatic rings. The number of carbonyl (C=O) groups excluding carboxylic acids is 1. The molecule has 110 valence electrons. The average molecular weight is 281 g/mol. The van der Waals surface area contributed by atoms with Crippen molar-refractivity contribution in [3.63, 3.8) is 0 Å². The smallest absolute Gasteiger partial charge is 0.305 e. The van der Waals surface area contributed by atoms with E-state index in [1.54, 1.807) is 12.1 Å². The molecular formula is C14H19NO5. The Bertz CT molecular complexity index is 443. The third-order valence-electron chi connectivity index (χ3n) is 2.70. The fourth-order valence-electron chi connectivity index (χ4n) is 1.58. The van der Waals surface area contributed by atoms with E-state index in [2.05, 4.69) is 0 Å². The molecular weight excluding hydrogens is 262 g/mol. The van der Waals surface area contributed by atoms with E-state index in [1.807, 2.05) is 19.1 Å². The molecule has 0 heterocycles. The first-order chi connectivity index (χ1) is 9.52. The first kappa shape index (κ1) is 16.0. The molecule has 0 atom stereocenters. The highest BCUT2D eigenvalue weighted by Gasteiger charge is 2.14. The summed E-state index contributed by atoms with van der Waals surface area (Å²) in [6, 6.07) is 7.26. The van der Waals surface area contributed by atoms with E-state index in [0.717, 1.165) is 5.56 Å². The maximum Gasteiger partial charge on any atom is 0.305 e. The zero-order chi connectivity index (χ0) is 15.0. The number of carboxylic acid groups (broad SMARTS) is 1. The van der Waals surface area contributed by atoms with Crippen molar-refractivity contribution in [2.24, 2.45) is 0 Å². The van der Waals surface area contributed by atoms with E-state index in [0.29, 0.717) is 5.75 Å². The highest BCUT2D eigenvalue weighted by Crippen LogP contribution is 2.11. The van der Waals surface area contributed by atoms with Gasteiger partial charge in [0.25, 0.3) is 5.91 Å². The fourth-order valence-corrected chi connectivity index (χ4v) is 1.58. The van der Waals surface area contributed by atoms with Crippen molar-refractivity contribution in [2.75, 3.05) is 26.3 Å². The number of hydrogen-bond acceptors (Lipinski definition) is 4. The van der Waals surface area contributed by atoms with Gasteiger partial charge in [-0.3, -0.25) is 9.59 Å². The highest BCUT2D eigenvalue weighted by molar-refractivity contribution is 5.78. The number of nitrogens with zero attached hydrogens (tertiary/aromatic N) is 1. The van der Waals surface area contributed by atoms with Crippen LogP contribution in [0.3, 0.4) is 0 Å². The van der Waals surface area contributed by atoms with Crippen LogP contribution in [0.2, 0.25) is 0 Å². The van der Waals surface area contributed by atoms with Gasteiger partial charge in [0, 0.05) is 13.1 Å². The monoisotopic (exact) mass is 281 g/mol. The van der Waals surface area contributed by atoms with Crippen LogP contribution in [0.5, 0.6) is 5.75 Å². The van der Waals surface area contributed by atoms with Crippen LogP contribution in [0, 0.1) is 6.92 Å². The van der Waals surface area contributed by atoms with E-state index < -0.39 is 5.97 Å². The van der Waals surface area contributed by atoms with Crippen molar-refractivity contribution >= 4 is 11.9 Å². The van der Waals surface area contributed by atoms with Crippen molar-refractivity contribution < 1.29 is 24.5 Å². The summed E-state index contributed by atoms with van der Waals surface area (Å²) in [7, 11) is 0. The average Bonchev–Trinajstić information content (AvgIpc) is 2.42. The van der Waals surface area contributed by atoms with Gasteiger partial charge in [0.15, 0.2) is 6.61 Å². The molecule has 1 aromatic carbocycles. The Labute approximate surface area is 117 Å². The number of aliphatic carboxylic acids is 1. The topological polar surface area (TPSA) is 87.1 Å². The number of aliphatic hydroxyl groups is 1. The first-order valence-electron chi connectivity index (χ1n) is 6.33. The van der Waals surface area contributed by atoms with Gasteiger partial charge in [0.2, 0.25) is 0 Å². The summed E-state index contributed by atoms with van der Waals surface area (Å²) in [5.74, 6) is -0.757. The molecule has 0 radical (unpaired) electrons. The Morgan fingerprint density at radius 3 is 2.40 bits per heavy atom. The lowest BCUT2D eigenvalue weighted by atomic mass is 10.2. The maximum atomic E-state index is 11.9. The molecule has 0 bridgehead atoms. The highest BCUT2D eigenvalue weighted by atomic mass is 16.5. The third kappa shape index (κ3) is 5.71. The molecule has 0 aliphatic heterocycles. The summed E-state index contributed by atoms with van der Waals surface area (Å²) in [5.41, 5.74) is 1.09. The van der Waals surface area contributed by atoms with E-state index in [9.17, 15) is 9.59 Å². The number of carbonyl (C=O) groups is 2. The molecule has 20 heavy (non-hydrogen) atoms. The largest absolute Gasteiger partial charge is 0.484 e. The molecule has 2 N–H and O–H groups in total. The van der Waals surface area contributed by atoms with Crippen LogP contribution in [0.4, 0.5) is 0 Å². The van der Waals surface area contributed by atoms with Gasteiger partial charge in [-0.1, -0.05) is 17.7 Å². The Hall–Kier alpha value is -2.08. The molecule has 1 rings (SSSR count). The molecule has 6 nitrogen and oxygen atoms in total. The molecule has 0 aromatic heterocycles. The summed E-state index contributed by atoms with van der Waals surface area (Å²) >= 11 is 0. The van der Waals surface area contributed by atoms with Crippen LogP contribution in [0.1, 0.15) is 12.0 Å². The molecule has 0 unspecified atom stereocenters. The van der Waals surface area contributed by atoms with E-state index >= 15 is 0 Å². The van der Waals surface area contributed by atoms with Crippen molar-refractivity contribution in [1.29, 1.82) is 0 Å². The zero-order valence-corrected chi connectivity index (χ0v) is 11.4. The molecule has 0 saturated heterocycles. The quantitative estimate of drug-likeness (QED) is 0.731. The van der Waals surface area contributed by atoms with Crippen molar-refractivity contribution in [1.82, 2.24) is 4.90 Å². The number of ether oxygens (including phenoxy) is 1. The number of carboxylic acids is 1. The van der Waals surface area contributed by atoms with Gasteiger partial charge in [-0.05, 0) is 19.1 Å². The summed E-state index contributed by atoms with van der Waals surface area (Å²) in [4.78, 5) is 23.7. The number of benzene rings is 1. The summed E-state index contributed by atoms with van der Waals surface area (Å²) in [6.07, 6.45) is -0.156. The Morgan fingerprint density at radius 2 is 1.85 bits per heavy atom. The van der Waals surface area contributed by atoms with Crippen molar-refractivity contribution in [3.8, 4) is 5.75 Å². The van der Waals surface area contributed by atoms with Gasteiger partial charge in [-0.15, -0.1) is 0 Å². The normalized spacial score (nSPS) is 10.1. The van der Waals surface area contributed by atoms with Crippen LogP contribution in [-0.4, -0.2) is 53.3 Å². The second kappa shape index (κ2) is 8.16. The lowest BCUT2D eigenvalue weighted by Crippen LogP contribution is -2.38. The summed E-state index contributed by atoms with van der Waals surface area (Å²) < 4.78 is 5.34. The Morgan fingerprint density at radius 1 is 1.20 bits per heavy atom. The molecule has 0 spiro atoms. The van der Waals surface area contributed by atoms with E-state index in [1.165, 1.54) is 4.90 Å². The SMILES string of the molecule is Cc1ccc(OCC(=O)N(CCO)CCC(=O)O)cc1. The molecule has 0 saturated carbocycles. The minimum Gasteiger partial charge on any atom is -0.484 e. The predicted molar refractivity (Wildman–Crippen MR) is 72.6 cm³/mol. The van der Waals surface area contributed by atoms with Crippen LogP contribution >= 0.6 is 0 Å². The number of amides is 1. The Balaban J connectivity index is 2.48. The second-order valence-electron chi connectivity index (χ2n) is 4.35. The van der Waals surface area contributed by atoms with E-state index in [-0.39, 0.29) is 38.6 Å². The standard InChI is InChI=1S/C14H19NO5/c1-11-2-4-12(5-3-11)20-10-13(17)15(8-9-16)7-6-14(18)19/h2-5,16H,6-10H2,1H3,(H,18,19). The van der Waals surface area contributed by atoms with Crippen LogP contribution < -0.4 is 4.74 Å². The lowest BCUT2D eigenvalue weighted by Gasteiger charge is -2.21. The Kier molecular flexibility index (Phi) is 6.52. The van der Waals surface area contributed by atoms with Gasteiger partial charge < -0.3 is 19.8 Å². The number of aryl methyl sites for hydroxylation is 1. The fraction of sp³-hybridized carbons (Fsp3) is 0.429. The lowest BCUT2D eigenvalue weighted by molar-refractivity contribution is -0.139.